The van der Waals surface area contributed by atoms with Crippen molar-refractivity contribution in [1.82, 2.24) is 10.2 Å². The van der Waals surface area contributed by atoms with Crippen molar-refractivity contribution in [3.63, 3.8) is 0 Å². The molecular formula is C20H40N2. The molecule has 1 aliphatic heterocycles. The highest BCUT2D eigenvalue weighted by molar-refractivity contribution is 4.97. The van der Waals surface area contributed by atoms with Crippen LogP contribution in [0.5, 0.6) is 0 Å². The van der Waals surface area contributed by atoms with Crippen LogP contribution >= 0.6 is 0 Å². The van der Waals surface area contributed by atoms with E-state index < -0.39 is 0 Å². The van der Waals surface area contributed by atoms with E-state index in [2.05, 4.69) is 37.9 Å². The first-order valence-electron chi connectivity index (χ1n) is 9.95. The zero-order valence-corrected chi connectivity index (χ0v) is 15.7. The molecule has 1 aliphatic carbocycles. The quantitative estimate of drug-likeness (QED) is 0.621. The molecule has 0 unspecified atom stereocenters. The fraction of sp³-hybridized carbons (Fsp3) is 1.00. The van der Waals surface area contributed by atoms with Crippen molar-refractivity contribution in [2.45, 2.75) is 85.1 Å². The summed E-state index contributed by atoms with van der Waals surface area (Å²) >= 11 is 0. The van der Waals surface area contributed by atoms with Gasteiger partial charge in [0.15, 0.2) is 0 Å². The molecule has 0 radical (unpaired) electrons. The standard InChI is InChI=1S/C20H40N2/c1-17(2)8-6-5-7-11-22-12-9-20(10-13-22)14-19(15-20)16-21-18(3)4/h17-19,21H,5-16H2,1-4H3. The Bertz CT molecular complexity index is 295. The van der Waals surface area contributed by atoms with Gasteiger partial charge in [0, 0.05) is 6.04 Å². The van der Waals surface area contributed by atoms with Crippen molar-refractivity contribution in [3.05, 3.63) is 0 Å². The van der Waals surface area contributed by atoms with Gasteiger partial charge in [0.1, 0.15) is 0 Å². The van der Waals surface area contributed by atoms with Gasteiger partial charge in [0.05, 0.1) is 0 Å². The van der Waals surface area contributed by atoms with Gasteiger partial charge in [0.2, 0.25) is 0 Å². The van der Waals surface area contributed by atoms with Gasteiger partial charge < -0.3 is 10.2 Å². The number of rotatable bonds is 9. The lowest BCUT2D eigenvalue weighted by Gasteiger charge is -2.52. The Kier molecular flexibility index (Phi) is 7.21. The molecule has 1 N–H and O–H groups in total. The zero-order valence-electron chi connectivity index (χ0n) is 15.7. The molecule has 2 rings (SSSR count). The minimum atomic E-state index is 0.647. The molecule has 22 heavy (non-hydrogen) atoms. The lowest BCUT2D eigenvalue weighted by Crippen LogP contribution is -2.49. The highest BCUT2D eigenvalue weighted by atomic mass is 15.1. The smallest absolute Gasteiger partial charge is 0.00104 e. The Labute approximate surface area is 139 Å². The Morgan fingerprint density at radius 2 is 1.68 bits per heavy atom. The van der Waals surface area contributed by atoms with E-state index in [-0.39, 0.29) is 0 Å². The number of piperidine rings is 1. The average molecular weight is 309 g/mol. The maximum atomic E-state index is 3.62. The zero-order chi connectivity index (χ0) is 16.0. The first-order valence-corrected chi connectivity index (χ1v) is 9.95. The fourth-order valence-electron chi connectivity index (χ4n) is 4.44. The van der Waals surface area contributed by atoms with Crippen molar-refractivity contribution in [2.75, 3.05) is 26.2 Å². The van der Waals surface area contributed by atoms with Crippen LogP contribution in [0.3, 0.4) is 0 Å². The van der Waals surface area contributed by atoms with Gasteiger partial charge in [0.25, 0.3) is 0 Å². The molecule has 2 heteroatoms. The molecule has 0 amide bonds. The van der Waals surface area contributed by atoms with E-state index in [1.54, 1.807) is 0 Å². The lowest BCUT2D eigenvalue weighted by atomic mass is 9.57. The molecule has 2 aliphatic rings. The predicted octanol–water partition coefficient (Wildman–Crippen LogP) is 4.69. The number of nitrogens with zero attached hydrogens (tertiary/aromatic N) is 1. The summed E-state index contributed by atoms with van der Waals surface area (Å²) in [5, 5.41) is 3.62. The van der Waals surface area contributed by atoms with Crippen LogP contribution in [0.25, 0.3) is 0 Å². The Morgan fingerprint density at radius 3 is 2.27 bits per heavy atom. The molecule has 1 saturated heterocycles. The summed E-state index contributed by atoms with van der Waals surface area (Å²) in [5.41, 5.74) is 0.747. The van der Waals surface area contributed by atoms with E-state index in [4.69, 9.17) is 0 Å². The first kappa shape index (κ1) is 18.3. The number of unbranched alkanes of at least 4 members (excludes halogenated alkanes) is 2. The number of hydrogen-bond acceptors (Lipinski definition) is 2. The average Bonchev–Trinajstić information content (AvgIpc) is 2.43. The second kappa shape index (κ2) is 8.68. The molecule has 0 atom stereocenters. The van der Waals surface area contributed by atoms with E-state index >= 15 is 0 Å². The summed E-state index contributed by atoms with van der Waals surface area (Å²) in [6.07, 6.45) is 11.6. The molecule has 1 heterocycles. The van der Waals surface area contributed by atoms with Gasteiger partial charge in [-0.1, -0.05) is 47.0 Å². The van der Waals surface area contributed by atoms with E-state index in [0.29, 0.717) is 6.04 Å². The topological polar surface area (TPSA) is 15.3 Å². The van der Waals surface area contributed by atoms with Gasteiger partial charge in [-0.2, -0.15) is 0 Å². The summed E-state index contributed by atoms with van der Waals surface area (Å²) in [6, 6.07) is 0.647. The fourth-order valence-corrected chi connectivity index (χ4v) is 4.44. The van der Waals surface area contributed by atoms with E-state index in [0.717, 1.165) is 17.3 Å². The van der Waals surface area contributed by atoms with Crippen LogP contribution in [0, 0.1) is 17.3 Å². The second-order valence-corrected chi connectivity index (χ2v) is 8.92. The van der Waals surface area contributed by atoms with E-state index in [1.165, 1.54) is 77.5 Å². The molecule has 130 valence electrons. The van der Waals surface area contributed by atoms with E-state index in [1.807, 2.05) is 0 Å². The van der Waals surface area contributed by atoms with E-state index in [9.17, 15) is 0 Å². The molecule has 0 aromatic rings. The third-order valence-electron chi connectivity index (χ3n) is 5.93. The number of likely N-dealkylation sites (tertiary alicyclic amines) is 1. The van der Waals surface area contributed by atoms with Gasteiger partial charge in [-0.25, -0.2) is 0 Å². The highest BCUT2D eigenvalue weighted by Crippen LogP contribution is 2.52. The normalized spacial score (nSPS) is 22.6. The summed E-state index contributed by atoms with van der Waals surface area (Å²) < 4.78 is 0. The monoisotopic (exact) mass is 308 g/mol. The minimum absolute atomic E-state index is 0.647. The van der Waals surface area contributed by atoms with Gasteiger partial charge in [-0.05, 0) is 75.5 Å². The molecule has 0 bridgehead atoms. The molecule has 2 fully saturated rings. The Balaban J connectivity index is 1.52. The van der Waals surface area contributed by atoms with Crippen molar-refractivity contribution < 1.29 is 0 Å². The summed E-state index contributed by atoms with van der Waals surface area (Å²) in [6.45, 7) is 14.5. The van der Waals surface area contributed by atoms with Crippen LogP contribution in [-0.2, 0) is 0 Å². The van der Waals surface area contributed by atoms with Crippen LogP contribution in [0.15, 0.2) is 0 Å². The second-order valence-electron chi connectivity index (χ2n) is 8.92. The van der Waals surface area contributed by atoms with Gasteiger partial charge in [-0.3, -0.25) is 0 Å². The molecule has 2 nitrogen and oxygen atoms in total. The van der Waals surface area contributed by atoms with Gasteiger partial charge >= 0.3 is 0 Å². The van der Waals surface area contributed by atoms with Crippen molar-refractivity contribution in [2.24, 2.45) is 17.3 Å². The van der Waals surface area contributed by atoms with Gasteiger partial charge in [-0.15, -0.1) is 0 Å². The predicted molar refractivity (Wildman–Crippen MR) is 97.3 cm³/mol. The van der Waals surface area contributed by atoms with Crippen molar-refractivity contribution in [1.29, 1.82) is 0 Å². The molecule has 1 saturated carbocycles. The molecule has 1 spiro atoms. The maximum Gasteiger partial charge on any atom is 0.00104 e. The van der Waals surface area contributed by atoms with Crippen LogP contribution in [0.2, 0.25) is 0 Å². The minimum Gasteiger partial charge on any atom is -0.314 e. The number of hydrogen-bond donors (Lipinski definition) is 1. The largest absolute Gasteiger partial charge is 0.314 e. The van der Waals surface area contributed by atoms with Crippen molar-refractivity contribution >= 4 is 0 Å². The van der Waals surface area contributed by atoms with Crippen LogP contribution in [0.1, 0.15) is 79.1 Å². The molecule has 0 aromatic heterocycles. The lowest BCUT2D eigenvalue weighted by molar-refractivity contribution is -0.0132. The Morgan fingerprint density at radius 1 is 1.00 bits per heavy atom. The Hall–Kier alpha value is -0.0800. The van der Waals surface area contributed by atoms with Crippen LogP contribution in [-0.4, -0.2) is 37.1 Å². The number of nitrogens with one attached hydrogen (secondary N) is 1. The third kappa shape index (κ3) is 5.85. The summed E-state index contributed by atoms with van der Waals surface area (Å²) in [7, 11) is 0. The SMILES string of the molecule is CC(C)CCCCCN1CCC2(CC1)CC(CNC(C)C)C2. The van der Waals surface area contributed by atoms with Crippen LogP contribution < -0.4 is 5.32 Å². The highest BCUT2D eigenvalue weighted by Gasteiger charge is 2.45. The summed E-state index contributed by atoms with van der Waals surface area (Å²) in [5.74, 6) is 1.84. The van der Waals surface area contributed by atoms with Crippen molar-refractivity contribution in [3.8, 4) is 0 Å². The molecule has 0 aromatic carbocycles. The first-order chi connectivity index (χ1) is 10.5. The van der Waals surface area contributed by atoms with Crippen LogP contribution in [0.4, 0.5) is 0 Å². The summed E-state index contributed by atoms with van der Waals surface area (Å²) in [4.78, 5) is 2.74. The third-order valence-corrected chi connectivity index (χ3v) is 5.93. The maximum absolute atomic E-state index is 3.62. The molecular weight excluding hydrogens is 268 g/mol.